The highest BCUT2D eigenvalue weighted by Gasteiger charge is 2.33. The predicted molar refractivity (Wildman–Crippen MR) is 101 cm³/mol. The molecule has 2 rings (SSSR count). The smallest absolute Gasteiger partial charge is 0.146 e. The molecular formula is C17H18IN5. The summed E-state index contributed by atoms with van der Waals surface area (Å²) >= 11 is 2.19. The lowest BCUT2D eigenvalue weighted by atomic mass is 9.83. The van der Waals surface area contributed by atoms with Gasteiger partial charge in [0.15, 0.2) is 0 Å². The van der Waals surface area contributed by atoms with Crippen molar-refractivity contribution in [2.45, 2.75) is 20.8 Å². The van der Waals surface area contributed by atoms with E-state index in [0.717, 1.165) is 20.6 Å². The van der Waals surface area contributed by atoms with Gasteiger partial charge in [0.2, 0.25) is 0 Å². The van der Waals surface area contributed by atoms with Gasteiger partial charge < -0.3 is 0 Å². The van der Waals surface area contributed by atoms with Crippen LogP contribution < -0.4 is 4.90 Å². The Bertz CT molecular complexity index is 775. The van der Waals surface area contributed by atoms with Crippen LogP contribution in [0, 0.1) is 16.7 Å². The molecule has 0 N–H and O–H groups in total. The third-order valence-corrected chi connectivity index (χ3v) is 3.66. The maximum atomic E-state index is 9.05. The first kappa shape index (κ1) is 17.3. The van der Waals surface area contributed by atoms with Crippen molar-refractivity contribution >= 4 is 34.2 Å². The van der Waals surface area contributed by atoms with Crippen LogP contribution in [0.15, 0.2) is 51.0 Å². The first-order chi connectivity index (χ1) is 10.8. The zero-order valence-corrected chi connectivity index (χ0v) is 15.8. The van der Waals surface area contributed by atoms with Gasteiger partial charge in [-0.15, -0.1) is 0 Å². The molecule has 0 bridgehead atoms. The number of aliphatic imine (C=N–C) groups is 1. The molecule has 0 saturated heterocycles. The van der Waals surface area contributed by atoms with Crippen molar-refractivity contribution in [2.24, 2.45) is 10.4 Å². The molecule has 0 aromatic carbocycles. The fourth-order valence-electron chi connectivity index (χ4n) is 2.35. The molecule has 0 fully saturated rings. The number of aromatic nitrogens is 2. The van der Waals surface area contributed by atoms with Crippen molar-refractivity contribution in [1.82, 2.24) is 9.97 Å². The zero-order chi connectivity index (χ0) is 17.2. The molecule has 23 heavy (non-hydrogen) atoms. The molecular weight excluding hydrogens is 401 g/mol. The highest BCUT2D eigenvalue weighted by atomic mass is 127. The second-order valence-electron chi connectivity index (χ2n) is 6.09. The monoisotopic (exact) mass is 419 g/mol. The number of rotatable bonds is 2. The normalized spacial score (nSPS) is 18.3. The van der Waals surface area contributed by atoms with Gasteiger partial charge in [0.1, 0.15) is 29.7 Å². The molecule has 0 saturated carbocycles. The SMILES string of the molecule is C=C(I)/C=C1/C(C(C)(C)C)=CN(c2cc(C#N)ncn2)/C1=N/C. The summed E-state index contributed by atoms with van der Waals surface area (Å²) in [7, 11) is 1.75. The van der Waals surface area contributed by atoms with Gasteiger partial charge in [-0.3, -0.25) is 9.89 Å². The van der Waals surface area contributed by atoms with Crippen LogP contribution in [0.2, 0.25) is 0 Å². The van der Waals surface area contributed by atoms with Crippen molar-refractivity contribution in [2.75, 3.05) is 11.9 Å². The molecule has 118 valence electrons. The van der Waals surface area contributed by atoms with Gasteiger partial charge in [-0.25, -0.2) is 9.97 Å². The molecule has 0 radical (unpaired) electrons. The Morgan fingerprint density at radius 3 is 2.65 bits per heavy atom. The van der Waals surface area contributed by atoms with E-state index < -0.39 is 0 Å². The number of allylic oxidation sites excluding steroid dienone is 2. The second kappa shape index (κ2) is 6.62. The second-order valence-corrected chi connectivity index (χ2v) is 7.47. The summed E-state index contributed by atoms with van der Waals surface area (Å²) in [5.41, 5.74) is 2.43. The quantitative estimate of drug-likeness (QED) is 0.680. The standard InChI is InChI=1S/C17H18IN5/c1-11(18)6-13-14(17(2,3)4)9-23(16(13)20-5)15-7-12(8-19)21-10-22-15/h6-7,9-10H,1H2,2-5H3/b13-6-,20-16+. The fourth-order valence-corrected chi connectivity index (χ4v) is 2.66. The van der Waals surface area contributed by atoms with E-state index in [1.165, 1.54) is 6.33 Å². The average molecular weight is 419 g/mol. The highest BCUT2D eigenvalue weighted by Crippen LogP contribution is 2.39. The van der Waals surface area contributed by atoms with E-state index in [1.807, 2.05) is 23.2 Å². The first-order valence-corrected chi connectivity index (χ1v) is 8.13. The van der Waals surface area contributed by atoms with Crippen molar-refractivity contribution < 1.29 is 0 Å². The molecule has 2 heterocycles. The average Bonchev–Trinajstić information content (AvgIpc) is 2.85. The Morgan fingerprint density at radius 2 is 2.13 bits per heavy atom. The van der Waals surface area contributed by atoms with Gasteiger partial charge in [0.25, 0.3) is 0 Å². The lowest BCUT2D eigenvalue weighted by molar-refractivity contribution is 0.515. The molecule has 0 spiro atoms. The molecule has 1 aromatic rings. The van der Waals surface area contributed by atoms with Crippen molar-refractivity contribution in [3.63, 3.8) is 0 Å². The molecule has 6 heteroatoms. The van der Waals surface area contributed by atoms with E-state index in [4.69, 9.17) is 5.26 Å². The van der Waals surface area contributed by atoms with Gasteiger partial charge in [0, 0.05) is 28.5 Å². The molecule has 5 nitrogen and oxygen atoms in total. The summed E-state index contributed by atoms with van der Waals surface area (Å²) in [5.74, 6) is 1.41. The van der Waals surface area contributed by atoms with Crippen molar-refractivity contribution in [1.29, 1.82) is 5.26 Å². The summed E-state index contributed by atoms with van der Waals surface area (Å²) in [6.07, 6.45) is 5.44. The van der Waals surface area contributed by atoms with Crippen LogP contribution in [0.1, 0.15) is 26.5 Å². The first-order valence-electron chi connectivity index (χ1n) is 7.05. The lowest BCUT2D eigenvalue weighted by Gasteiger charge is -2.21. The molecule has 0 unspecified atom stereocenters. The number of nitrogens with zero attached hydrogens (tertiary/aromatic N) is 5. The van der Waals surface area contributed by atoms with Crippen molar-refractivity contribution in [3.8, 4) is 6.07 Å². The Morgan fingerprint density at radius 1 is 1.43 bits per heavy atom. The number of halogens is 1. The molecule has 0 amide bonds. The maximum absolute atomic E-state index is 9.05. The third-order valence-electron chi connectivity index (χ3n) is 3.35. The van der Waals surface area contributed by atoms with Gasteiger partial charge in [-0.1, -0.05) is 27.4 Å². The van der Waals surface area contributed by atoms with E-state index in [-0.39, 0.29) is 5.41 Å². The van der Waals surface area contributed by atoms with Gasteiger partial charge >= 0.3 is 0 Å². The summed E-state index contributed by atoms with van der Waals surface area (Å²) < 4.78 is 0.927. The third kappa shape index (κ3) is 3.67. The van der Waals surface area contributed by atoms with Crippen LogP contribution >= 0.6 is 22.6 Å². The van der Waals surface area contributed by atoms with Crippen LogP contribution in [0.5, 0.6) is 0 Å². The van der Waals surface area contributed by atoms with Crippen LogP contribution in [0.4, 0.5) is 5.82 Å². The largest absolute Gasteiger partial charge is 0.285 e. The van der Waals surface area contributed by atoms with Gasteiger partial charge in [0.05, 0.1) is 0 Å². The molecule has 1 aliphatic heterocycles. The molecule has 0 atom stereocenters. The van der Waals surface area contributed by atoms with E-state index in [1.54, 1.807) is 13.1 Å². The van der Waals surface area contributed by atoms with Crippen molar-refractivity contribution in [3.05, 3.63) is 51.7 Å². The highest BCUT2D eigenvalue weighted by molar-refractivity contribution is 14.1. The summed E-state index contributed by atoms with van der Waals surface area (Å²) in [5, 5.41) is 9.05. The van der Waals surface area contributed by atoms with Crippen LogP contribution in [0.25, 0.3) is 0 Å². The minimum Gasteiger partial charge on any atom is -0.285 e. The van der Waals surface area contributed by atoms with Crippen LogP contribution in [0.3, 0.4) is 0 Å². The molecule has 1 aromatic heterocycles. The number of amidine groups is 1. The van der Waals surface area contributed by atoms with E-state index in [9.17, 15) is 0 Å². The zero-order valence-electron chi connectivity index (χ0n) is 13.6. The van der Waals surface area contributed by atoms with E-state index >= 15 is 0 Å². The predicted octanol–water partition coefficient (Wildman–Crippen LogP) is 4.00. The Balaban J connectivity index is 2.63. The van der Waals surface area contributed by atoms with Gasteiger partial charge in [-0.2, -0.15) is 5.26 Å². The van der Waals surface area contributed by atoms with E-state index in [2.05, 4.69) is 64.9 Å². The maximum Gasteiger partial charge on any atom is 0.146 e. The summed E-state index contributed by atoms with van der Waals surface area (Å²) in [6.45, 7) is 10.4. The van der Waals surface area contributed by atoms with E-state index in [0.29, 0.717) is 11.5 Å². The Hall–Kier alpha value is -2.01. The molecule has 0 aliphatic carbocycles. The van der Waals surface area contributed by atoms with Gasteiger partial charge in [-0.05, 0) is 39.7 Å². The molecule has 1 aliphatic rings. The van der Waals surface area contributed by atoms with Crippen LogP contribution in [-0.4, -0.2) is 22.9 Å². The number of nitriles is 1. The number of anilines is 1. The topological polar surface area (TPSA) is 65.2 Å². The fraction of sp³-hybridized carbons (Fsp3) is 0.294. The number of hydrogen-bond donors (Lipinski definition) is 0. The number of hydrogen-bond acceptors (Lipinski definition) is 4. The Labute approximate surface area is 150 Å². The minimum absolute atomic E-state index is 0.0618. The summed E-state index contributed by atoms with van der Waals surface area (Å²) in [6, 6.07) is 3.70. The lowest BCUT2D eigenvalue weighted by Crippen LogP contribution is -2.23. The Kier molecular flexibility index (Phi) is 5.00. The summed E-state index contributed by atoms with van der Waals surface area (Å²) in [4.78, 5) is 14.5. The minimum atomic E-state index is -0.0618. The van der Waals surface area contributed by atoms with Crippen LogP contribution in [-0.2, 0) is 0 Å².